The minimum Gasteiger partial charge on any atom is -0.493 e. The van der Waals surface area contributed by atoms with Gasteiger partial charge in [0.05, 0.1) is 41.6 Å². The number of ether oxygens (including phenoxy) is 3. The first kappa shape index (κ1) is 25.6. The number of aryl methyl sites for hydroxylation is 1. The highest BCUT2D eigenvalue weighted by Gasteiger charge is 2.33. The normalized spacial score (nSPS) is 16.2. The van der Waals surface area contributed by atoms with Gasteiger partial charge in [-0.15, -0.1) is 0 Å². The molecule has 3 aromatic carbocycles. The summed E-state index contributed by atoms with van der Waals surface area (Å²) >= 11 is 5.00. The van der Waals surface area contributed by atoms with Crippen LogP contribution in [0.15, 0.2) is 80.5 Å². The molecule has 1 aliphatic carbocycles. The van der Waals surface area contributed by atoms with Crippen molar-refractivity contribution in [1.29, 1.82) is 0 Å². The van der Waals surface area contributed by atoms with Crippen molar-refractivity contribution in [2.24, 2.45) is 4.99 Å². The molecule has 1 unspecified atom stereocenters. The monoisotopic (exact) mass is 602 g/mol. The molecular formula is C31H27BrN2O4S. The fourth-order valence-corrected chi connectivity index (χ4v) is 6.89. The third-order valence-corrected chi connectivity index (χ3v) is 8.75. The number of fused-ring (bicyclic) bond motifs is 3. The number of methoxy groups -OCH3 is 2. The lowest BCUT2D eigenvalue weighted by Crippen LogP contribution is -2.38. The number of halogens is 1. The zero-order valence-electron chi connectivity index (χ0n) is 21.9. The minimum atomic E-state index is -0.293. The van der Waals surface area contributed by atoms with Gasteiger partial charge in [-0.1, -0.05) is 47.7 Å². The van der Waals surface area contributed by atoms with E-state index in [-0.39, 0.29) is 11.6 Å². The Hall–Kier alpha value is -3.62. The largest absolute Gasteiger partial charge is 0.493 e. The van der Waals surface area contributed by atoms with Gasteiger partial charge in [-0.25, -0.2) is 4.99 Å². The molecule has 8 heteroatoms. The van der Waals surface area contributed by atoms with Gasteiger partial charge in [0, 0.05) is 5.56 Å². The standard InChI is InChI=1S/C31H27BrN2O4S/c1-4-38-24-13-9-18(15-23(24)32)16-27-30(35)34-29(20-11-14-25(36-2)26(17-20)37-3)22-12-10-19-7-5-6-8-21(19)28(22)33-31(34)39-27/h5-9,11,13-17,29H,4,10,12H2,1-3H3. The van der Waals surface area contributed by atoms with Crippen LogP contribution < -0.4 is 29.1 Å². The zero-order valence-corrected chi connectivity index (χ0v) is 24.3. The lowest BCUT2D eigenvalue weighted by molar-refractivity contribution is 0.338. The van der Waals surface area contributed by atoms with Crippen LogP contribution in [0.1, 0.15) is 41.6 Å². The van der Waals surface area contributed by atoms with E-state index in [4.69, 9.17) is 19.2 Å². The molecule has 4 aromatic rings. The lowest BCUT2D eigenvalue weighted by atomic mass is 9.83. The van der Waals surface area contributed by atoms with E-state index >= 15 is 0 Å². The summed E-state index contributed by atoms with van der Waals surface area (Å²) in [5.74, 6) is 2.06. The summed E-state index contributed by atoms with van der Waals surface area (Å²) < 4.78 is 20.1. The highest BCUT2D eigenvalue weighted by molar-refractivity contribution is 9.10. The average Bonchev–Trinajstić information content (AvgIpc) is 3.27. The molecular weight excluding hydrogens is 576 g/mol. The van der Waals surface area contributed by atoms with Gasteiger partial charge in [-0.2, -0.15) is 0 Å². The summed E-state index contributed by atoms with van der Waals surface area (Å²) in [5.41, 5.74) is 6.34. The Morgan fingerprint density at radius 3 is 2.59 bits per heavy atom. The van der Waals surface area contributed by atoms with Crippen LogP contribution in [0.3, 0.4) is 0 Å². The van der Waals surface area contributed by atoms with Crippen molar-refractivity contribution in [3.8, 4) is 17.2 Å². The highest BCUT2D eigenvalue weighted by atomic mass is 79.9. The quantitative estimate of drug-likeness (QED) is 0.292. The maximum Gasteiger partial charge on any atom is 0.271 e. The van der Waals surface area contributed by atoms with E-state index in [0.29, 0.717) is 27.4 Å². The van der Waals surface area contributed by atoms with Gasteiger partial charge in [0.1, 0.15) is 5.75 Å². The van der Waals surface area contributed by atoms with Crippen molar-refractivity contribution in [3.63, 3.8) is 0 Å². The molecule has 0 radical (unpaired) electrons. The van der Waals surface area contributed by atoms with E-state index in [1.165, 1.54) is 16.9 Å². The number of nitrogens with zero attached hydrogens (tertiary/aromatic N) is 2. The van der Waals surface area contributed by atoms with Crippen LogP contribution in [0.25, 0.3) is 11.8 Å². The zero-order chi connectivity index (χ0) is 27.1. The predicted octanol–water partition coefficient (Wildman–Crippen LogP) is 5.50. The van der Waals surface area contributed by atoms with Crippen molar-refractivity contribution >= 4 is 39.0 Å². The molecule has 0 saturated carbocycles. The van der Waals surface area contributed by atoms with Crippen LogP contribution in [-0.4, -0.2) is 25.4 Å². The van der Waals surface area contributed by atoms with Crippen molar-refractivity contribution in [2.45, 2.75) is 25.8 Å². The molecule has 2 heterocycles. The number of hydrogen-bond donors (Lipinski definition) is 0. The number of allylic oxidation sites excluding steroid dienone is 1. The van der Waals surface area contributed by atoms with Crippen molar-refractivity contribution in [3.05, 3.63) is 113 Å². The lowest BCUT2D eigenvalue weighted by Gasteiger charge is -2.31. The Balaban J connectivity index is 1.57. The van der Waals surface area contributed by atoms with Crippen LogP contribution in [0.4, 0.5) is 0 Å². The summed E-state index contributed by atoms with van der Waals surface area (Å²) in [6.07, 6.45) is 3.65. The Bertz CT molecular complexity index is 1800. The third kappa shape index (κ3) is 4.51. The van der Waals surface area contributed by atoms with Crippen LogP contribution in [0.2, 0.25) is 0 Å². The summed E-state index contributed by atoms with van der Waals surface area (Å²) in [5, 5.41) is 0. The number of aromatic nitrogens is 1. The Morgan fingerprint density at radius 1 is 1.03 bits per heavy atom. The van der Waals surface area contributed by atoms with E-state index in [1.807, 2.05) is 54.0 Å². The summed E-state index contributed by atoms with van der Waals surface area (Å²) in [6.45, 7) is 2.54. The van der Waals surface area contributed by atoms with Crippen molar-refractivity contribution in [2.75, 3.05) is 20.8 Å². The van der Waals surface area contributed by atoms with Gasteiger partial charge in [-0.05, 0) is 88.3 Å². The first-order chi connectivity index (χ1) is 19.0. The topological polar surface area (TPSA) is 62.0 Å². The Labute approximate surface area is 238 Å². The van der Waals surface area contributed by atoms with E-state index in [9.17, 15) is 4.79 Å². The molecule has 0 amide bonds. The third-order valence-electron chi connectivity index (χ3n) is 7.15. The first-order valence-corrected chi connectivity index (χ1v) is 14.4. The SMILES string of the molecule is CCOc1ccc(C=c2sc3n(c2=O)C(c2ccc(OC)c(OC)c2)C2=C(N=3)c3ccccc3CC2)cc1Br. The second-order valence-corrected chi connectivity index (χ2v) is 11.2. The number of thiazole rings is 1. The fraction of sp³-hybridized carbons (Fsp3) is 0.226. The summed E-state index contributed by atoms with van der Waals surface area (Å²) in [6, 6.07) is 19.9. The molecule has 0 bridgehead atoms. The molecule has 1 aliphatic heterocycles. The second-order valence-electron chi connectivity index (χ2n) is 9.35. The highest BCUT2D eigenvalue weighted by Crippen LogP contribution is 2.42. The summed E-state index contributed by atoms with van der Waals surface area (Å²) in [4.78, 5) is 19.8. The van der Waals surface area contributed by atoms with Gasteiger partial charge in [0.25, 0.3) is 5.56 Å². The number of hydrogen-bond acceptors (Lipinski definition) is 6. The molecule has 1 atom stereocenters. The fourth-order valence-electron chi connectivity index (χ4n) is 5.38. The molecule has 0 N–H and O–H groups in total. The maximum atomic E-state index is 14.0. The molecule has 2 aliphatic rings. The second kappa shape index (κ2) is 10.5. The minimum absolute atomic E-state index is 0.0612. The molecule has 0 spiro atoms. The van der Waals surface area contributed by atoms with Crippen LogP contribution in [0, 0.1) is 0 Å². The van der Waals surface area contributed by atoms with Gasteiger partial charge in [0.15, 0.2) is 16.3 Å². The van der Waals surface area contributed by atoms with Crippen LogP contribution in [0.5, 0.6) is 17.2 Å². The smallest absolute Gasteiger partial charge is 0.271 e. The van der Waals surface area contributed by atoms with Crippen molar-refractivity contribution in [1.82, 2.24) is 4.57 Å². The number of benzene rings is 3. The van der Waals surface area contributed by atoms with E-state index < -0.39 is 0 Å². The molecule has 39 heavy (non-hydrogen) atoms. The maximum absolute atomic E-state index is 14.0. The Kier molecular flexibility index (Phi) is 6.91. The molecule has 0 saturated heterocycles. The predicted molar refractivity (Wildman–Crippen MR) is 158 cm³/mol. The Morgan fingerprint density at radius 2 is 1.82 bits per heavy atom. The van der Waals surface area contributed by atoms with Crippen LogP contribution in [-0.2, 0) is 6.42 Å². The van der Waals surface area contributed by atoms with E-state index in [0.717, 1.165) is 51.0 Å². The van der Waals surface area contributed by atoms with Crippen molar-refractivity contribution < 1.29 is 14.2 Å². The molecule has 6 nitrogen and oxygen atoms in total. The van der Waals surface area contributed by atoms with E-state index in [2.05, 4.69) is 40.2 Å². The number of rotatable bonds is 6. The van der Waals surface area contributed by atoms with Crippen LogP contribution >= 0.6 is 27.3 Å². The first-order valence-electron chi connectivity index (χ1n) is 12.8. The molecule has 198 valence electrons. The summed E-state index contributed by atoms with van der Waals surface area (Å²) in [7, 11) is 3.25. The van der Waals surface area contributed by atoms with E-state index in [1.54, 1.807) is 14.2 Å². The molecule has 0 fully saturated rings. The van der Waals surface area contributed by atoms with Gasteiger partial charge in [0.2, 0.25) is 0 Å². The van der Waals surface area contributed by atoms with Gasteiger partial charge < -0.3 is 14.2 Å². The molecule has 1 aromatic heterocycles. The molecule has 6 rings (SSSR count). The van der Waals surface area contributed by atoms with Gasteiger partial charge in [-0.3, -0.25) is 9.36 Å². The van der Waals surface area contributed by atoms with Gasteiger partial charge >= 0.3 is 0 Å². The average molecular weight is 604 g/mol.